The van der Waals surface area contributed by atoms with Gasteiger partial charge in [0.05, 0.1) is 11.3 Å². The van der Waals surface area contributed by atoms with Gasteiger partial charge in [-0.05, 0) is 47.9 Å². The average molecular weight is 493 g/mol. The van der Waals surface area contributed by atoms with E-state index >= 15 is 0 Å². The molecular weight excluding hydrogens is 472 g/mol. The molecule has 2 aromatic carbocycles. The van der Waals surface area contributed by atoms with Gasteiger partial charge < -0.3 is 10.1 Å². The van der Waals surface area contributed by atoms with Gasteiger partial charge in [0, 0.05) is 40.2 Å². The minimum atomic E-state index is -0.752. The number of carbonyl (C=O) groups is 4. The summed E-state index contributed by atoms with van der Waals surface area (Å²) in [6.07, 6.45) is 2.79. The van der Waals surface area contributed by atoms with Crippen LogP contribution in [0.15, 0.2) is 72.1 Å². The second-order valence-corrected chi connectivity index (χ2v) is 8.21. The number of allylic oxidation sites excluding steroid dienone is 1. The number of nitrogens with zero attached hydrogens (tertiary/aromatic N) is 1. The summed E-state index contributed by atoms with van der Waals surface area (Å²) in [5.74, 6) is -1.95. The minimum Gasteiger partial charge on any atom is -0.457 e. The lowest BCUT2D eigenvalue weighted by Gasteiger charge is -2.07. The highest BCUT2D eigenvalue weighted by Gasteiger charge is 2.15. The number of rotatable bonds is 11. The van der Waals surface area contributed by atoms with Gasteiger partial charge in [0.1, 0.15) is 0 Å². The molecule has 3 aromatic rings. The van der Waals surface area contributed by atoms with E-state index in [0.717, 1.165) is 10.9 Å². The van der Waals surface area contributed by atoms with Crippen molar-refractivity contribution in [2.24, 2.45) is 0 Å². The Bertz CT molecular complexity index is 1270. The topological polar surface area (TPSA) is 133 Å². The van der Waals surface area contributed by atoms with Gasteiger partial charge in [-0.2, -0.15) is 0 Å². The van der Waals surface area contributed by atoms with Crippen LogP contribution in [-0.4, -0.2) is 35.0 Å². The number of amides is 1. The van der Waals surface area contributed by atoms with E-state index in [4.69, 9.17) is 4.74 Å². The Morgan fingerprint density at radius 2 is 1.74 bits per heavy atom. The van der Waals surface area contributed by atoms with Gasteiger partial charge in [-0.3, -0.25) is 29.3 Å². The molecule has 178 valence electrons. The zero-order valence-electron chi connectivity index (χ0n) is 18.3. The van der Waals surface area contributed by atoms with E-state index in [9.17, 15) is 29.3 Å². The zero-order chi connectivity index (χ0) is 25.2. The van der Waals surface area contributed by atoms with E-state index in [-0.39, 0.29) is 29.9 Å². The molecule has 35 heavy (non-hydrogen) atoms. The van der Waals surface area contributed by atoms with Crippen LogP contribution < -0.4 is 5.32 Å². The number of ketones is 2. The summed E-state index contributed by atoms with van der Waals surface area (Å²) >= 11 is 1.52. The molecule has 0 atom stereocenters. The molecule has 10 heteroatoms. The highest BCUT2D eigenvalue weighted by Crippen LogP contribution is 2.15. The summed E-state index contributed by atoms with van der Waals surface area (Å²) < 4.78 is 4.87. The molecule has 0 fully saturated rings. The first-order valence-corrected chi connectivity index (χ1v) is 11.3. The van der Waals surface area contributed by atoms with Crippen molar-refractivity contribution in [1.82, 2.24) is 0 Å². The summed E-state index contributed by atoms with van der Waals surface area (Å²) in [6, 6.07) is 15.2. The van der Waals surface area contributed by atoms with E-state index in [1.165, 1.54) is 35.6 Å². The fourth-order valence-corrected chi connectivity index (χ4v) is 3.51. The van der Waals surface area contributed by atoms with Crippen molar-refractivity contribution in [2.45, 2.75) is 12.8 Å². The Morgan fingerprint density at radius 1 is 0.971 bits per heavy atom. The molecule has 0 spiro atoms. The predicted molar refractivity (Wildman–Crippen MR) is 130 cm³/mol. The van der Waals surface area contributed by atoms with Gasteiger partial charge in [0.25, 0.3) is 5.69 Å². The van der Waals surface area contributed by atoms with E-state index in [1.54, 1.807) is 30.3 Å². The van der Waals surface area contributed by atoms with Crippen molar-refractivity contribution < 1.29 is 28.8 Å². The Balaban J connectivity index is 1.41. The molecule has 0 aliphatic heterocycles. The van der Waals surface area contributed by atoms with Crippen molar-refractivity contribution in [1.29, 1.82) is 0 Å². The number of esters is 1. The number of nitro groups is 1. The SMILES string of the molecule is O=C(CCC(=O)OCC(=O)c1cccc([N+](=O)[O-])c1)Nc1ccc(C(=O)C=Cc2cccs2)cc1. The zero-order valence-corrected chi connectivity index (χ0v) is 19.2. The van der Waals surface area contributed by atoms with E-state index in [2.05, 4.69) is 5.32 Å². The molecule has 0 saturated heterocycles. The lowest BCUT2D eigenvalue weighted by atomic mass is 10.1. The fraction of sp³-hybridized carbons (Fsp3) is 0.120. The Labute approximate surface area is 204 Å². The number of hydrogen-bond donors (Lipinski definition) is 1. The number of ether oxygens (including phenoxy) is 1. The van der Waals surface area contributed by atoms with Gasteiger partial charge in [-0.1, -0.05) is 18.2 Å². The standard InChI is InChI=1S/C25H20N2O7S/c28-22(11-10-21-5-2-14-35-21)17-6-8-19(9-7-17)26-24(30)12-13-25(31)34-16-23(29)18-3-1-4-20(15-18)27(32)33/h1-11,14-15H,12-13,16H2,(H,26,30). The first kappa shape index (κ1) is 25.2. The Morgan fingerprint density at radius 3 is 2.43 bits per heavy atom. The van der Waals surface area contributed by atoms with Crippen molar-refractivity contribution in [2.75, 3.05) is 11.9 Å². The summed E-state index contributed by atoms with van der Waals surface area (Å²) in [5.41, 5.74) is 0.732. The molecular formula is C25H20N2O7S. The molecule has 3 rings (SSSR count). The van der Waals surface area contributed by atoms with Crippen LogP contribution in [0.2, 0.25) is 0 Å². The van der Waals surface area contributed by atoms with Gasteiger partial charge in [-0.25, -0.2) is 0 Å². The lowest BCUT2D eigenvalue weighted by molar-refractivity contribution is -0.384. The summed E-state index contributed by atoms with van der Waals surface area (Å²) in [4.78, 5) is 59.4. The molecule has 0 aliphatic carbocycles. The average Bonchev–Trinajstić information content (AvgIpc) is 3.39. The van der Waals surface area contributed by atoms with Gasteiger partial charge in [-0.15, -0.1) is 11.3 Å². The van der Waals surface area contributed by atoms with E-state index in [1.807, 2.05) is 17.5 Å². The minimum absolute atomic E-state index is 0.0497. The van der Waals surface area contributed by atoms with Crippen molar-refractivity contribution in [3.05, 3.63) is 98.2 Å². The quantitative estimate of drug-likeness (QED) is 0.135. The number of non-ortho nitro benzene ring substituents is 1. The first-order valence-electron chi connectivity index (χ1n) is 10.4. The van der Waals surface area contributed by atoms with Crippen LogP contribution >= 0.6 is 11.3 Å². The first-order chi connectivity index (χ1) is 16.8. The molecule has 1 heterocycles. The molecule has 1 amide bonds. The van der Waals surface area contributed by atoms with Crippen LogP contribution in [0.3, 0.4) is 0 Å². The van der Waals surface area contributed by atoms with Gasteiger partial charge in [0.15, 0.2) is 12.4 Å². The monoisotopic (exact) mass is 492 g/mol. The molecule has 0 bridgehead atoms. The number of Topliss-reactive ketones (excluding diaryl/α,β-unsaturated/α-hetero) is 1. The number of thiophene rings is 1. The molecule has 0 radical (unpaired) electrons. The van der Waals surface area contributed by atoms with Gasteiger partial charge >= 0.3 is 5.97 Å². The second-order valence-electron chi connectivity index (χ2n) is 7.23. The molecule has 9 nitrogen and oxygen atoms in total. The molecule has 0 unspecified atom stereocenters. The maximum absolute atomic E-state index is 12.2. The van der Waals surface area contributed by atoms with Crippen molar-refractivity contribution >= 4 is 52.2 Å². The number of nitro benzene ring substituents is 1. The van der Waals surface area contributed by atoms with Crippen LogP contribution in [-0.2, 0) is 14.3 Å². The largest absolute Gasteiger partial charge is 0.457 e. The van der Waals surface area contributed by atoms with Crippen LogP contribution in [0.4, 0.5) is 11.4 Å². The lowest BCUT2D eigenvalue weighted by Crippen LogP contribution is -2.17. The molecule has 1 N–H and O–H groups in total. The Hall–Kier alpha value is -4.44. The Kier molecular flexibility index (Phi) is 8.74. The van der Waals surface area contributed by atoms with E-state index < -0.39 is 29.2 Å². The van der Waals surface area contributed by atoms with Crippen molar-refractivity contribution in [3.63, 3.8) is 0 Å². The van der Waals surface area contributed by atoms with Crippen LogP contribution in [0.5, 0.6) is 0 Å². The van der Waals surface area contributed by atoms with E-state index in [0.29, 0.717) is 11.3 Å². The highest BCUT2D eigenvalue weighted by molar-refractivity contribution is 7.10. The summed E-state index contributed by atoms with van der Waals surface area (Å²) in [5, 5.41) is 15.3. The molecule has 0 aliphatic rings. The number of anilines is 1. The smallest absolute Gasteiger partial charge is 0.306 e. The van der Waals surface area contributed by atoms with Crippen LogP contribution in [0.1, 0.15) is 38.4 Å². The predicted octanol–water partition coefficient (Wildman–Crippen LogP) is 4.70. The summed E-state index contributed by atoms with van der Waals surface area (Å²) in [6.45, 7) is -0.585. The molecule has 1 aromatic heterocycles. The molecule has 0 saturated carbocycles. The fourth-order valence-electron chi connectivity index (χ4n) is 2.89. The maximum atomic E-state index is 12.2. The number of carbonyl (C=O) groups excluding carboxylic acids is 4. The summed E-state index contributed by atoms with van der Waals surface area (Å²) in [7, 11) is 0. The third kappa shape index (κ3) is 7.83. The maximum Gasteiger partial charge on any atom is 0.306 e. The number of nitrogens with one attached hydrogen (secondary N) is 1. The highest BCUT2D eigenvalue weighted by atomic mass is 32.1. The van der Waals surface area contributed by atoms with Crippen LogP contribution in [0, 0.1) is 10.1 Å². The van der Waals surface area contributed by atoms with Crippen molar-refractivity contribution in [3.8, 4) is 0 Å². The number of hydrogen-bond acceptors (Lipinski definition) is 8. The third-order valence-corrected chi connectivity index (χ3v) is 5.53. The second kappa shape index (κ2) is 12.1. The van der Waals surface area contributed by atoms with Gasteiger partial charge in [0.2, 0.25) is 11.7 Å². The third-order valence-electron chi connectivity index (χ3n) is 4.69. The number of benzene rings is 2. The normalized spacial score (nSPS) is 10.6. The van der Waals surface area contributed by atoms with Crippen LogP contribution in [0.25, 0.3) is 6.08 Å².